The largest absolute Gasteiger partial charge is 0.364 e. The lowest BCUT2D eigenvalue weighted by molar-refractivity contribution is 0.0993. The first-order chi connectivity index (χ1) is 17.6. The summed E-state index contributed by atoms with van der Waals surface area (Å²) in [6, 6.07) is 30.8. The predicted molar refractivity (Wildman–Crippen MR) is 139 cm³/mol. The Bertz CT molecular complexity index is 1460. The van der Waals surface area contributed by atoms with Gasteiger partial charge in [0.05, 0.1) is 11.4 Å². The molecular weight excluding hydrogens is 446 g/mol. The highest BCUT2D eigenvalue weighted by Crippen LogP contribution is 2.45. The summed E-state index contributed by atoms with van der Waals surface area (Å²) in [5, 5.41) is 5.00. The molecule has 5 aromatic rings. The summed E-state index contributed by atoms with van der Waals surface area (Å²) in [5.41, 5.74) is 11.9. The first kappa shape index (κ1) is 21.9. The van der Waals surface area contributed by atoms with Crippen molar-refractivity contribution in [2.75, 3.05) is 0 Å². The smallest absolute Gasteiger partial charge is 0.269 e. The molecule has 0 unspecified atom stereocenters. The van der Waals surface area contributed by atoms with E-state index in [1.165, 1.54) is 0 Å². The number of nitrogens with two attached hydrogens (primary N) is 1. The summed E-state index contributed by atoms with van der Waals surface area (Å²) in [5.74, 6) is 0.127. The normalized spacial score (nSPS) is 12.6. The van der Waals surface area contributed by atoms with Gasteiger partial charge in [0.2, 0.25) is 0 Å². The van der Waals surface area contributed by atoms with E-state index in [0.717, 1.165) is 45.6 Å². The summed E-state index contributed by atoms with van der Waals surface area (Å²) >= 11 is 0. The van der Waals surface area contributed by atoms with Gasteiger partial charge in [-0.2, -0.15) is 5.10 Å². The van der Waals surface area contributed by atoms with Crippen LogP contribution in [0.2, 0.25) is 0 Å². The predicted octanol–water partition coefficient (Wildman–Crippen LogP) is 4.69. The van der Waals surface area contributed by atoms with Gasteiger partial charge in [0.25, 0.3) is 5.91 Å². The molecule has 6 heteroatoms. The van der Waals surface area contributed by atoms with E-state index in [1.54, 1.807) is 0 Å². The van der Waals surface area contributed by atoms with Crippen LogP contribution < -0.4 is 5.73 Å². The minimum Gasteiger partial charge on any atom is -0.364 e. The molecule has 3 aromatic carbocycles. The summed E-state index contributed by atoms with van der Waals surface area (Å²) < 4.78 is 1.98. The molecule has 2 heterocycles. The molecule has 6 nitrogen and oxygen atoms in total. The summed E-state index contributed by atoms with van der Waals surface area (Å²) in [6.45, 7) is 1.88. The van der Waals surface area contributed by atoms with Crippen molar-refractivity contribution in [1.29, 1.82) is 0 Å². The Balaban J connectivity index is 1.82. The maximum absolute atomic E-state index is 12.7. The second-order valence-corrected chi connectivity index (χ2v) is 9.05. The summed E-state index contributed by atoms with van der Waals surface area (Å²) in [6.07, 6.45) is 3.25. The van der Waals surface area contributed by atoms with Gasteiger partial charge >= 0.3 is 0 Å². The van der Waals surface area contributed by atoms with Crippen LogP contribution in [0.5, 0.6) is 0 Å². The van der Waals surface area contributed by atoms with E-state index in [1.807, 2.05) is 72.4 Å². The molecule has 0 spiro atoms. The van der Waals surface area contributed by atoms with Crippen LogP contribution in [0, 0.1) is 6.92 Å². The van der Waals surface area contributed by atoms with Crippen LogP contribution in [0.25, 0.3) is 11.4 Å². The maximum atomic E-state index is 12.7. The highest BCUT2D eigenvalue weighted by molar-refractivity contribution is 5.94. The molecule has 1 aliphatic rings. The van der Waals surface area contributed by atoms with Crippen molar-refractivity contribution in [3.63, 3.8) is 0 Å². The van der Waals surface area contributed by atoms with Crippen molar-refractivity contribution < 1.29 is 4.79 Å². The third kappa shape index (κ3) is 3.26. The van der Waals surface area contributed by atoms with E-state index < -0.39 is 11.4 Å². The molecule has 176 valence electrons. The lowest BCUT2D eigenvalue weighted by atomic mass is 9.76. The van der Waals surface area contributed by atoms with Gasteiger partial charge in [-0.05, 0) is 42.0 Å². The quantitative estimate of drug-likeness (QED) is 0.377. The van der Waals surface area contributed by atoms with Crippen molar-refractivity contribution >= 4 is 5.91 Å². The fourth-order valence-corrected chi connectivity index (χ4v) is 5.42. The molecule has 0 saturated carbocycles. The molecule has 0 atom stereocenters. The Morgan fingerprint density at radius 3 is 1.86 bits per heavy atom. The first-order valence-corrected chi connectivity index (χ1v) is 12.0. The van der Waals surface area contributed by atoms with E-state index in [4.69, 9.17) is 15.8 Å². The highest BCUT2D eigenvalue weighted by Gasteiger charge is 2.44. The number of primary amides is 1. The zero-order chi connectivity index (χ0) is 24.7. The third-order valence-corrected chi connectivity index (χ3v) is 6.96. The second-order valence-electron chi connectivity index (χ2n) is 9.05. The average molecular weight is 472 g/mol. The number of rotatable bonds is 5. The molecule has 0 aliphatic heterocycles. The Labute approximate surface area is 209 Å². The Morgan fingerprint density at radius 1 is 0.833 bits per heavy atom. The summed E-state index contributed by atoms with van der Waals surface area (Å²) in [4.78, 5) is 22.0. The van der Waals surface area contributed by atoms with Gasteiger partial charge in [-0.1, -0.05) is 91.0 Å². The minimum atomic E-state index is -0.880. The van der Waals surface area contributed by atoms with Gasteiger partial charge in [-0.25, -0.2) is 14.6 Å². The zero-order valence-electron chi connectivity index (χ0n) is 19.9. The van der Waals surface area contributed by atoms with Crippen molar-refractivity contribution in [3.8, 4) is 11.4 Å². The first-order valence-electron chi connectivity index (χ1n) is 12.0. The van der Waals surface area contributed by atoms with Crippen molar-refractivity contribution in [2.45, 2.75) is 25.3 Å². The number of fused-ring (bicyclic) bond motifs is 3. The summed E-state index contributed by atoms with van der Waals surface area (Å²) in [7, 11) is 0. The van der Waals surface area contributed by atoms with E-state index in [0.29, 0.717) is 17.9 Å². The fourth-order valence-electron chi connectivity index (χ4n) is 5.42. The Morgan fingerprint density at radius 2 is 1.36 bits per heavy atom. The van der Waals surface area contributed by atoms with Crippen molar-refractivity contribution in [3.05, 3.63) is 137 Å². The third-order valence-electron chi connectivity index (χ3n) is 6.96. The molecule has 0 saturated heterocycles. The molecule has 2 aromatic heterocycles. The van der Waals surface area contributed by atoms with Crippen LogP contribution in [-0.4, -0.2) is 25.7 Å². The van der Waals surface area contributed by atoms with Crippen LogP contribution in [0.15, 0.2) is 97.2 Å². The Hall–Kier alpha value is -4.58. The molecule has 1 amide bonds. The van der Waals surface area contributed by atoms with Crippen LogP contribution in [0.4, 0.5) is 0 Å². The molecule has 0 fully saturated rings. The average Bonchev–Trinajstić information content (AvgIpc) is 3.32. The van der Waals surface area contributed by atoms with E-state index >= 15 is 0 Å². The number of carbonyl (C=O) groups excluding carboxylic acids is 1. The van der Waals surface area contributed by atoms with Gasteiger partial charge in [0.1, 0.15) is 11.4 Å². The SMILES string of the molecule is Cc1ncc2c(n1)-c1c(c(C(N)=O)nn1C(c1ccccc1)(c1ccccc1)c1ccccc1)CC2. The number of aryl methyl sites for hydroxylation is 2. The van der Waals surface area contributed by atoms with Crippen molar-refractivity contribution in [2.24, 2.45) is 5.73 Å². The number of carbonyl (C=O) groups is 1. The van der Waals surface area contributed by atoms with Gasteiger partial charge < -0.3 is 5.73 Å². The molecule has 36 heavy (non-hydrogen) atoms. The lowest BCUT2D eigenvalue weighted by Crippen LogP contribution is -2.39. The van der Waals surface area contributed by atoms with Gasteiger partial charge in [0.15, 0.2) is 5.69 Å². The van der Waals surface area contributed by atoms with Gasteiger partial charge in [-0.3, -0.25) is 4.79 Å². The minimum absolute atomic E-state index is 0.291. The van der Waals surface area contributed by atoms with Crippen LogP contribution in [-0.2, 0) is 18.4 Å². The number of hydrogen-bond acceptors (Lipinski definition) is 4. The Kier molecular flexibility index (Phi) is 5.22. The molecule has 6 rings (SSSR count). The number of aromatic nitrogens is 4. The van der Waals surface area contributed by atoms with Gasteiger partial charge in [-0.15, -0.1) is 0 Å². The van der Waals surface area contributed by atoms with Gasteiger partial charge in [0, 0.05) is 11.8 Å². The van der Waals surface area contributed by atoms with Crippen LogP contribution >= 0.6 is 0 Å². The number of benzene rings is 3. The molecule has 0 radical (unpaired) electrons. The monoisotopic (exact) mass is 471 g/mol. The number of amides is 1. The zero-order valence-corrected chi connectivity index (χ0v) is 19.9. The maximum Gasteiger partial charge on any atom is 0.269 e. The molecular formula is C30H25N5O. The second kappa shape index (κ2) is 8.57. The van der Waals surface area contributed by atoms with E-state index in [9.17, 15) is 4.79 Å². The molecule has 1 aliphatic carbocycles. The van der Waals surface area contributed by atoms with E-state index in [2.05, 4.69) is 41.4 Å². The van der Waals surface area contributed by atoms with E-state index in [-0.39, 0.29) is 0 Å². The topological polar surface area (TPSA) is 86.7 Å². The van der Waals surface area contributed by atoms with Crippen molar-refractivity contribution in [1.82, 2.24) is 19.7 Å². The van der Waals surface area contributed by atoms with Crippen LogP contribution in [0.3, 0.4) is 0 Å². The van der Waals surface area contributed by atoms with Crippen LogP contribution in [0.1, 0.15) is 44.1 Å². The lowest BCUT2D eigenvalue weighted by Gasteiger charge is -2.38. The fraction of sp³-hybridized carbons (Fsp3) is 0.133. The number of hydrogen-bond donors (Lipinski definition) is 1. The highest BCUT2D eigenvalue weighted by atomic mass is 16.1. The molecule has 2 N–H and O–H groups in total. The number of nitrogens with zero attached hydrogens (tertiary/aromatic N) is 4. The standard InChI is InChI=1S/C30H25N5O/c1-20-32-19-21-17-18-25-27(29(31)36)34-35(28(25)26(21)33-20)30(22-11-5-2-6-12-22,23-13-7-3-8-14-23)24-15-9-4-10-16-24/h2-16,19H,17-18H2,1H3,(H2,31,36). The molecule has 0 bridgehead atoms.